The smallest absolute Gasteiger partial charge is 0.408 e. The van der Waals surface area contributed by atoms with Gasteiger partial charge in [0.1, 0.15) is 19.3 Å². The van der Waals surface area contributed by atoms with E-state index in [0.29, 0.717) is 19.4 Å². The molecule has 2 rings (SSSR count). The number of allylic oxidation sites excluding steroid dienone is 1. The summed E-state index contributed by atoms with van der Waals surface area (Å²) in [5, 5.41) is 14.0. The molecule has 1 aromatic rings. The Morgan fingerprint density at radius 3 is 2.52 bits per heavy atom. The second kappa shape index (κ2) is 18.6. The largest absolute Gasteiger partial charge is 0.462 e. The average Bonchev–Trinajstić information content (AvgIpc) is 3.43. The van der Waals surface area contributed by atoms with Gasteiger partial charge < -0.3 is 34.9 Å². The van der Waals surface area contributed by atoms with Crippen molar-refractivity contribution in [3.05, 3.63) is 61.2 Å². The Morgan fingerprint density at radius 2 is 1.82 bits per heavy atom. The molecule has 3 N–H and O–H groups in total. The van der Waals surface area contributed by atoms with E-state index in [2.05, 4.69) is 23.8 Å². The van der Waals surface area contributed by atoms with E-state index >= 15 is 0 Å². The van der Waals surface area contributed by atoms with Crippen molar-refractivity contribution >= 4 is 23.9 Å². The normalized spacial score (nSPS) is 15.9. The first-order chi connectivity index (χ1) is 19.4. The minimum absolute atomic E-state index is 0.00964. The Kier molecular flexibility index (Phi) is 15.1. The first-order valence-electron chi connectivity index (χ1n) is 13.5. The quantitative estimate of drug-likeness (QED) is 0.141. The number of alkyl carbamates (subject to hydrolysis) is 1. The minimum Gasteiger partial charge on any atom is -0.462 e. The van der Waals surface area contributed by atoms with Gasteiger partial charge in [0.25, 0.3) is 0 Å². The van der Waals surface area contributed by atoms with Crippen LogP contribution in [0.5, 0.6) is 0 Å². The molecule has 0 unspecified atom stereocenters. The van der Waals surface area contributed by atoms with Crippen molar-refractivity contribution in [2.45, 2.75) is 50.8 Å². The minimum atomic E-state index is -0.982. The highest BCUT2D eigenvalue weighted by Gasteiger charge is 2.35. The topological polar surface area (TPSA) is 143 Å². The van der Waals surface area contributed by atoms with Crippen molar-refractivity contribution in [1.29, 1.82) is 0 Å². The van der Waals surface area contributed by atoms with E-state index in [1.165, 1.54) is 6.08 Å². The van der Waals surface area contributed by atoms with E-state index in [1.54, 1.807) is 11.0 Å². The Labute approximate surface area is 235 Å². The van der Waals surface area contributed by atoms with Crippen molar-refractivity contribution in [2.75, 3.05) is 39.5 Å². The summed E-state index contributed by atoms with van der Waals surface area (Å²) in [6, 6.07) is 7.84. The molecular formula is C29H41N3O8. The van der Waals surface area contributed by atoms with Gasteiger partial charge in [0.15, 0.2) is 0 Å². The molecule has 11 nitrogen and oxygen atoms in total. The third kappa shape index (κ3) is 11.6. The number of amides is 3. The number of aliphatic hydroxyl groups excluding tert-OH is 1. The van der Waals surface area contributed by atoms with E-state index in [0.717, 1.165) is 12.0 Å². The number of likely N-dealkylation sites (tertiary alicyclic amines) is 1. The van der Waals surface area contributed by atoms with E-state index < -0.39 is 24.0 Å². The lowest BCUT2D eigenvalue weighted by Gasteiger charge is -2.28. The first kappa shape index (κ1) is 32.5. The Balaban J connectivity index is 1.87. The summed E-state index contributed by atoms with van der Waals surface area (Å²) >= 11 is 0. The van der Waals surface area contributed by atoms with Crippen LogP contribution >= 0.6 is 0 Å². The van der Waals surface area contributed by atoms with Gasteiger partial charge in [-0.05, 0) is 31.2 Å². The number of nitrogens with one attached hydrogen (secondary N) is 2. The van der Waals surface area contributed by atoms with Gasteiger partial charge in [0.05, 0.1) is 31.8 Å². The van der Waals surface area contributed by atoms with Crippen LogP contribution in [0.25, 0.3) is 0 Å². The van der Waals surface area contributed by atoms with Gasteiger partial charge in [-0.3, -0.25) is 9.59 Å². The van der Waals surface area contributed by atoms with Crippen LogP contribution < -0.4 is 10.6 Å². The molecule has 1 aliphatic rings. The van der Waals surface area contributed by atoms with Gasteiger partial charge in [-0.2, -0.15) is 0 Å². The molecule has 40 heavy (non-hydrogen) atoms. The van der Waals surface area contributed by atoms with Gasteiger partial charge in [0.2, 0.25) is 11.8 Å². The highest BCUT2D eigenvalue weighted by molar-refractivity contribution is 5.86. The number of nitrogens with zero attached hydrogens (tertiary/aromatic N) is 1. The predicted molar refractivity (Wildman–Crippen MR) is 148 cm³/mol. The number of ether oxygens (including phenoxy) is 3. The maximum Gasteiger partial charge on any atom is 0.408 e. The summed E-state index contributed by atoms with van der Waals surface area (Å²) in [5.41, 5.74) is 0.811. The summed E-state index contributed by atoms with van der Waals surface area (Å²) in [6.07, 6.45) is 4.20. The number of hydrogen-bond acceptors (Lipinski definition) is 8. The lowest BCUT2D eigenvalue weighted by atomic mass is 9.98. The van der Waals surface area contributed by atoms with Crippen molar-refractivity contribution in [1.82, 2.24) is 15.5 Å². The second-order valence-electron chi connectivity index (χ2n) is 9.35. The van der Waals surface area contributed by atoms with E-state index in [9.17, 15) is 19.2 Å². The lowest BCUT2D eigenvalue weighted by molar-refractivity contribution is -0.150. The molecule has 1 aliphatic heterocycles. The van der Waals surface area contributed by atoms with Crippen LogP contribution in [0.1, 0.15) is 37.7 Å². The lowest BCUT2D eigenvalue weighted by Crippen LogP contribution is -2.45. The van der Waals surface area contributed by atoms with Crippen molar-refractivity contribution in [2.24, 2.45) is 5.92 Å². The molecule has 220 valence electrons. The SMILES string of the molecule is C=CC[C@H](CC(=O)NCCOCCO)C(=O)N1CCC[C@H]1COC(=O)[C@@H](CC=C)NC(=O)OCc1ccccc1. The molecule has 1 saturated heterocycles. The number of rotatable bonds is 18. The maximum absolute atomic E-state index is 13.3. The summed E-state index contributed by atoms with van der Waals surface area (Å²) in [4.78, 5) is 52.4. The Bertz CT molecular complexity index is 971. The zero-order valence-corrected chi connectivity index (χ0v) is 22.9. The number of aliphatic hydroxyl groups is 1. The van der Waals surface area contributed by atoms with Crippen LogP contribution in [0, 0.1) is 5.92 Å². The van der Waals surface area contributed by atoms with Crippen molar-refractivity contribution in [3.63, 3.8) is 0 Å². The highest BCUT2D eigenvalue weighted by Crippen LogP contribution is 2.23. The molecule has 3 amide bonds. The van der Waals surface area contributed by atoms with Gasteiger partial charge in [-0.25, -0.2) is 9.59 Å². The molecule has 0 spiro atoms. The number of hydrogen-bond donors (Lipinski definition) is 3. The molecule has 11 heteroatoms. The third-order valence-electron chi connectivity index (χ3n) is 6.31. The first-order valence-corrected chi connectivity index (χ1v) is 13.5. The van der Waals surface area contributed by atoms with Crippen LogP contribution in [-0.2, 0) is 35.2 Å². The molecular weight excluding hydrogens is 518 g/mol. The maximum atomic E-state index is 13.3. The fraction of sp³-hybridized carbons (Fsp3) is 0.517. The fourth-order valence-electron chi connectivity index (χ4n) is 4.30. The van der Waals surface area contributed by atoms with Crippen molar-refractivity contribution < 1.29 is 38.5 Å². The third-order valence-corrected chi connectivity index (χ3v) is 6.31. The molecule has 0 aliphatic carbocycles. The Morgan fingerprint density at radius 1 is 1.07 bits per heavy atom. The summed E-state index contributed by atoms with van der Waals surface area (Å²) < 4.78 is 15.8. The van der Waals surface area contributed by atoms with E-state index in [1.807, 2.05) is 30.3 Å². The average molecular weight is 560 g/mol. The monoisotopic (exact) mass is 559 g/mol. The van der Waals surface area contributed by atoms with Crippen LogP contribution in [0.2, 0.25) is 0 Å². The number of esters is 1. The van der Waals surface area contributed by atoms with Gasteiger partial charge in [0, 0.05) is 19.5 Å². The molecule has 0 aromatic heterocycles. The molecule has 0 radical (unpaired) electrons. The molecule has 1 fully saturated rings. The zero-order chi connectivity index (χ0) is 29.2. The summed E-state index contributed by atoms with van der Waals surface area (Å²) in [6.45, 7) is 8.50. The number of carbonyl (C=O) groups excluding carboxylic acids is 4. The molecule has 0 saturated carbocycles. The second-order valence-corrected chi connectivity index (χ2v) is 9.35. The van der Waals surface area contributed by atoms with Gasteiger partial charge >= 0.3 is 12.1 Å². The highest BCUT2D eigenvalue weighted by atomic mass is 16.6. The summed E-state index contributed by atoms with van der Waals surface area (Å²) in [5.74, 6) is -1.73. The fourth-order valence-corrected chi connectivity index (χ4v) is 4.30. The van der Waals surface area contributed by atoms with E-state index in [4.69, 9.17) is 19.3 Å². The number of carbonyl (C=O) groups is 4. The molecule has 1 aromatic carbocycles. The van der Waals surface area contributed by atoms with Gasteiger partial charge in [-0.1, -0.05) is 42.5 Å². The van der Waals surface area contributed by atoms with Gasteiger partial charge in [-0.15, -0.1) is 13.2 Å². The number of benzene rings is 1. The van der Waals surface area contributed by atoms with Crippen LogP contribution in [0.3, 0.4) is 0 Å². The predicted octanol–water partition coefficient (Wildman–Crippen LogP) is 2.10. The molecule has 1 heterocycles. The van der Waals surface area contributed by atoms with Crippen LogP contribution in [0.4, 0.5) is 4.79 Å². The standard InChI is InChI=1S/C29H41N3O8/c1-3-9-23(19-26(34)30-14-17-38-18-16-33)27(35)32-15-8-13-24(32)21-39-28(36)25(10-4-2)31-29(37)40-20-22-11-6-5-7-12-22/h3-7,11-12,23-25,33H,1-2,8-10,13-21H2,(H,30,34)(H,31,37)/t23-,24+,25-/m1/s1. The van der Waals surface area contributed by atoms with E-state index in [-0.39, 0.29) is 70.3 Å². The van der Waals surface area contributed by atoms with Crippen LogP contribution in [0.15, 0.2) is 55.6 Å². The van der Waals surface area contributed by atoms with Crippen LogP contribution in [-0.4, -0.2) is 85.5 Å². The molecule has 3 atom stereocenters. The summed E-state index contributed by atoms with van der Waals surface area (Å²) in [7, 11) is 0. The zero-order valence-electron chi connectivity index (χ0n) is 22.9. The van der Waals surface area contributed by atoms with Crippen molar-refractivity contribution in [3.8, 4) is 0 Å². The molecule has 0 bridgehead atoms. The Hall–Kier alpha value is -3.70.